The second-order valence-electron chi connectivity index (χ2n) is 4.77. The molecule has 0 radical (unpaired) electrons. The normalized spacial score (nSPS) is 18.8. The Hall–Kier alpha value is -1.59. The molecule has 1 atom stereocenters. The Kier molecular flexibility index (Phi) is 4.39. The third-order valence-corrected chi connectivity index (χ3v) is 3.46. The number of carbonyl (C=O) groups is 1. The Morgan fingerprint density at radius 1 is 1.58 bits per heavy atom. The predicted octanol–water partition coefficient (Wildman–Crippen LogP) is 1.61. The largest absolute Gasteiger partial charge is 0.496 e. The van der Waals surface area contributed by atoms with Gasteiger partial charge in [0.25, 0.3) is 0 Å². The molecule has 0 saturated carbocycles. The molecule has 0 spiro atoms. The number of likely N-dealkylation sites (N-methyl/N-ethyl adjacent to an activating group) is 1. The first-order chi connectivity index (χ1) is 9.11. The van der Waals surface area contributed by atoms with Crippen molar-refractivity contribution in [1.29, 1.82) is 0 Å². The summed E-state index contributed by atoms with van der Waals surface area (Å²) in [6, 6.07) is 5.69. The van der Waals surface area contributed by atoms with Gasteiger partial charge in [-0.05, 0) is 31.2 Å². The minimum absolute atomic E-state index is 0.205. The number of hydrogen-bond acceptors (Lipinski definition) is 4. The first-order valence-electron chi connectivity index (χ1n) is 6.30. The van der Waals surface area contributed by atoms with Crippen LogP contribution in [0.4, 0.5) is 0 Å². The molecule has 1 fully saturated rings. The van der Waals surface area contributed by atoms with Crippen molar-refractivity contribution in [2.24, 2.45) is 0 Å². The van der Waals surface area contributed by atoms with Gasteiger partial charge in [-0.25, -0.2) is 4.79 Å². The molecule has 1 heterocycles. The van der Waals surface area contributed by atoms with E-state index in [9.17, 15) is 4.79 Å². The first kappa shape index (κ1) is 13.8. The molecular formula is C14H19NO4. The minimum Gasteiger partial charge on any atom is -0.496 e. The monoisotopic (exact) mass is 265 g/mol. The van der Waals surface area contributed by atoms with Gasteiger partial charge in [0.1, 0.15) is 11.3 Å². The molecule has 1 saturated heterocycles. The number of carboxylic acid groups (broad SMARTS) is 1. The van der Waals surface area contributed by atoms with Crippen molar-refractivity contribution >= 4 is 5.97 Å². The van der Waals surface area contributed by atoms with Gasteiger partial charge >= 0.3 is 5.97 Å². The molecule has 0 aromatic heterocycles. The molecule has 0 amide bonds. The SMILES string of the molecule is COc1ccc(CN(C)C2CCOC2)cc1C(=O)O. The fourth-order valence-corrected chi connectivity index (χ4v) is 2.31. The highest BCUT2D eigenvalue weighted by Crippen LogP contribution is 2.21. The van der Waals surface area contributed by atoms with Crippen molar-refractivity contribution in [3.63, 3.8) is 0 Å². The molecule has 5 nitrogen and oxygen atoms in total. The van der Waals surface area contributed by atoms with Crippen LogP contribution in [0.3, 0.4) is 0 Å². The maximum atomic E-state index is 11.2. The summed E-state index contributed by atoms with van der Waals surface area (Å²) in [5, 5.41) is 9.15. The second kappa shape index (κ2) is 6.04. The van der Waals surface area contributed by atoms with Crippen molar-refractivity contribution in [1.82, 2.24) is 4.90 Å². The third-order valence-electron chi connectivity index (χ3n) is 3.46. The van der Waals surface area contributed by atoms with Gasteiger partial charge in [-0.15, -0.1) is 0 Å². The number of ether oxygens (including phenoxy) is 2. The van der Waals surface area contributed by atoms with Gasteiger partial charge in [0.15, 0.2) is 0 Å². The Balaban J connectivity index is 2.11. The summed E-state index contributed by atoms with van der Waals surface area (Å²) in [6.07, 6.45) is 1.03. The smallest absolute Gasteiger partial charge is 0.339 e. The molecule has 1 aromatic rings. The van der Waals surface area contributed by atoms with E-state index in [1.165, 1.54) is 7.11 Å². The second-order valence-corrected chi connectivity index (χ2v) is 4.77. The summed E-state index contributed by atoms with van der Waals surface area (Å²) < 4.78 is 10.4. The topological polar surface area (TPSA) is 59.0 Å². The Labute approximate surface area is 112 Å². The molecule has 2 rings (SSSR count). The molecule has 19 heavy (non-hydrogen) atoms. The van der Waals surface area contributed by atoms with Crippen molar-refractivity contribution < 1.29 is 19.4 Å². The van der Waals surface area contributed by atoms with Crippen molar-refractivity contribution in [3.8, 4) is 5.75 Å². The molecule has 104 valence electrons. The summed E-state index contributed by atoms with van der Waals surface area (Å²) in [5.74, 6) is -0.575. The minimum atomic E-state index is -0.967. The zero-order chi connectivity index (χ0) is 13.8. The lowest BCUT2D eigenvalue weighted by Gasteiger charge is -2.23. The summed E-state index contributed by atoms with van der Waals surface area (Å²) in [6.45, 7) is 2.26. The molecule has 1 aliphatic rings. The van der Waals surface area contributed by atoms with Gasteiger partial charge in [0, 0.05) is 19.2 Å². The maximum Gasteiger partial charge on any atom is 0.339 e. The van der Waals surface area contributed by atoms with E-state index in [0.29, 0.717) is 18.3 Å². The zero-order valence-corrected chi connectivity index (χ0v) is 11.3. The molecule has 1 unspecified atom stereocenters. The van der Waals surface area contributed by atoms with E-state index in [1.807, 2.05) is 13.1 Å². The average molecular weight is 265 g/mol. The van der Waals surface area contributed by atoms with Gasteiger partial charge in [-0.2, -0.15) is 0 Å². The molecule has 0 bridgehead atoms. The van der Waals surface area contributed by atoms with Crippen molar-refractivity contribution in [2.45, 2.75) is 19.0 Å². The number of rotatable bonds is 5. The lowest BCUT2D eigenvalue weighted by molar-refractivity contribution is 0.0693. The van der Waals surface area contributed by atoms with E-state index < -0.39 is 5.97 Å². The van der Waals surface area contributed by atoms with Crippen LogP contribution in [0.15, 0.2) is 18.2 Å². The number of nitrogens with zero attached hydrogens (tertiary/aromatic N) is 1. The summed E-state index contributed by atoms with van der Waals surface area (Å²) in [4.78, 5) is 13.4. The highest BCUT2D eigenvalue weighted by Gasteiger charge is 2.21. The van der Waals surface area contributed by atoms with Crippen LogP contribution < -0.4 is 4.74 Å². The van der Waals surface area contributed by atoms with E-state index in [0.717, 1.165) is 25.2 Å². The standard InChI is InChI=1S/C14H19NO4/c1-15(11-5-6-19-9-11)8-10-3-4-13(18-2)12(7-10)14(16)17/h3-4,7,11H,5-6,8-9H2,1-2H3,(H,16,17). The van der Waals surface area contributed by atoms with E-state index in [1.54, 1.807) is 12.1 Å². The van der Waals surface area contributed by atoms with Crippen molar-refractivity contribution in [2.75, 3.05) is 27.4 Å². The van der Waals surface area contributed by atoms with E-state index >= 15 is 0 Å². The molecular weight excluding hydrogens is 246 g/mol. The quantitative estimate of drug-likeness (QED) is 0.876. The molecule has 0 aliphatic carbocycles. The van der Waals surface area contributed by atoms with Gasteiger partial charge in [-0.3, -0.25) is 4.90 Å². The van der Waals surface area contributed by atoms with Crippen LogP contribution in [0.5, 0.6) is 5.75 Å². The predicted molar refractivity (Wildman–Crippen MR) is 70.6 cm³/mol. The third kappa shape index (κ3) is 3.24. The van der Waals surface area contributed by atoms with Crippen LogP contribution in [-0.2, 0) is 11.3 Å². The summed E-state index contributed by atoms with van der Waals surface area (Å²) in [7, 11) is 3.51. The Morgan fingerprint density at radius 3 is 2.95 bits per heavy atom. The van der Waals surface area contributed by atoms with Crippen molar-refractivity contribution in [3.05, 3.63) is 29.3 Å². The highest BCUT2D eigenvalue weighted by atomic mass is 16.5. The molecule has 1 N–H and O–H groups in total. The van der Waals surface area contributed by atoms with E-state index in [2.05, 4.69) is 4.90 Å². The average Bonchev–Trinajstić information content (AvgIpc) is 2.92. The lowest BCUT2D eigenvalue weighted by atomic mass is 10.1. The number of hydrogen-bond donors (Lipinski definition) is 1. The van der Waals surface area contributed by atoms with Crippen LogP contribution in [0, 0.1) is 0 Å². The van der Waals surface area contributed by atoms with Gasteiger partial charge in [0.2, 0.25) is 0 Å². The Bertz CT molecular complexity index is 455. The summed E-state index contributed by atoms with van der Waals surface area (Å²) in [5.41, 5.74) is 1.17. The van der Waals surface area contributed by atoms with Crippen LogP contribution in [0.1, 0.15) is 22.3 Å². The first-order valence-corrected chi connectivity index (χ1v) is 6.30. The zero-order valence-electron chi connectivity index (χ0n) is 11.3. The van der Waals surface area contributed by atoms with Crippen LogP contribution >= 0.6 is 0 Å². The number of aromatic carboxylic acids is 1. The van der Waals surface area contributed by atoms with Crippen LogP contribution in [-0.4, -0.2) is 49.4 Å². The number of methoxy groups -OCH3 is 1. The van der Waals surface area contributed by atoms with Crippen LogP contribution in [0.2, 0.25) is 0 Å². The van der Waals surface area contributed by atoms with E-state index in [4.69, 9.17) is 14.6 Å². The fourth-order valence-electron chi connectivity index (χ4n) is 2.31. The van der Waals surface area contributed by atoms with Crippen LogP contribution in [0.25, 0.3) is 0 Å². The van der Waals surface area contributed by atoms with Gasteiger partial charge in [-0.1, -0.05) is 6.07 Å². The lowest BCUT2D eigenvalue weighted by Crippen LogP contribution is -2.31. The number of benzene rings is 1. The van der Waals surface area contributed by atoms with E-state index in [-0.39, 0.29) is 5.56 Å². The maximum absolute atomic E-state index is 11.2. The van der Waals surface area contributed by atoms with Gasteiger partial charge in [0.05, 0.1) is 13.7 Å². The van der Waals surface area contributed by atoms with Gasteiger partial charge < -0.3 is 14.6 Å². The molecule has 1 aromatic carbocycles. The highest BCUT2D eigenvalue weighted by molar-refractivity contribution is 5.91. The molecule has 1 aliphatic heterocycles. The molecule has 5 heteroatoms. The fraction of sp³-hybridized carbons (Fsp3) is 0.500. The number of carboxylic acids is 1. The Morgan fingerprint density at radius 2 is 2.37 bits per heavy atom. The summed E-state index contributed by atoms with van der Waals surface area (Å²) >= 11 is 0.